The minimum absolute atomic E-state index is 0.519. The molecular formula is C16H21N3O. The molecule has 0 aliphatic rings. The van der Waals surface area contributed by atoms with Gasteiger partial charge in [-0.25, -0.2) is 9.97 Å². The largest absolute Gasteiger partial charge is 0.439 e. The van der Waals surface area contributed by atoms with E-state index in [0.29, 0.717) is 11.8 Å². The van der Waals surface area contributed by atoms with E-state index < -0.39 is 0 Å². The summed E-state index contributed by atoms with van der Waals surface area (Å²) in [5.74, 6) is 2.72. The molecule has 2 rings (SSSR count). The standard InChI is InChI=1S/C16H21N3O/c1-5-17-15-12(4)16(19-10-18-15)20-14-8-6-13(7-9-14)11(2)3/h6-11H,5H2,1-4H3,(H,17,18,19). The molecule has 0 atom stereocenters. The van der Waals surface area contributed by atoms with Gasteiger partial charge in [0.2, 0.25) is 5.88 Å². The molecule has 1 heterocycles. The van der Waals surface area contributed by atoms with Crippen molar-refractivity contribution in [1.82, 2.24) is 9.97 Å². The smallest absolute Gasteiger partial charge is 0.227 e. The Balaban J connectivity index is 2.19. The minimum Gasteiger partial charge on any atom is -0.439 e. The maximum absolute atomic E-state index is 5.84. The summed E-state index contributed by atoms with van der Waals surface area (Å²) in [5.41, 5.74) is 2.22. The number of benzene rings is 1. The van der Waals surface area contributed by atoms with Gasteiger partial charge < -0.3 is 10.1 Å². The maximum atomic E-state index is 5.84. The Kier molecular flexibility index (Phi) is 4.56. The van der Waals surface area contributed by atoms with Crippen LogP contribution in [0.3, 0.4) is 0 Å². The topological polar surface area (TPSA) is 47.0 Å². The molecule has 1 aromatic heterocycles. The van der Waals surface area contributed by atoms with Gasteiger partial charge in [0.25, 0.3) is 0 Å². The van der Waals surface area contributed by atoms with E-state index in [2.05, 4.69) is 41.3 Å². The van der Waals surface area contributed by atoms with Crippen LogP contribution in [-0.2, 0) is 0 Å². The van der Waals surface area contributed by atoms with E-state index in [9.17, 15) is 0 Å². The van der Waals surface area contributed by atoms with Crippen LogP contribution in [0.4, 0.5) is 5.82 Å². The van der Waals surface area contributed by atoms with Crippen molar-refractivity contribution >= 4 is 5.82 Å². The monoisotopic (exact) mass is 271 g/mol. The lowest BCUT2D eigenvalue weighted by molar-refractivity contribution is 0.457. The Morgan fingerprint density at radius 2 is 1.85 bits per heavy atom. The third-order valence-electron chi connectivity index (χ3n) is 3.14. The number of ether oxygens (including phenoxy) is 1. The lowest BCUT2D eigenvalue weighted by Gasteiger charge is -2.12. The molecular weight excluding hydrogens is 250 g/mol. The van der Waals surface area contributed by atoms with Crippen LogP contribution in [0.15, 0.2) is 30.6 Å². The predicted octanol–water partition coefficient (Wildman–Crippen LogP) is 4.13. The summed E-state index contributed by atoms with van der Waals surface area (Å²) in [4.78, 5) is 8.41. The average Bonchev–Trinajstić information content (AvgIpc) is 2.44. The summed E-state index contributed by atoms with van der Waals surface area (Å²) in [6.07, 6.45) is 1.52. The average molecular weight is 271 g/mol. The lowest BCUT2D eigenvalue weighted by Crippen LogP contribution is -2.03. The van der Waals surface area contributed by atoms with Crippen molar-refractivity contribution in [3.8, 4) is 11.6 Å². The van der Waals surface area contributed by atoms with Crippen LogP contribution in [0.2, 0.25) is 0 Å². The fraction of sp³-hybridized carbons (Fsp3) is 0.375. The van der Waals surface area contributed by atoms with Crippen LogP contribution in [-0.4, -0.2) is 16.5 Å². The van der Waals surface area contributed by atoms with Crippen LogP contribution in [0.5, 0.6) is 11.6 Å². The van der Waals surface area contributed by atoms with E-state index in [1.807, 2.05) is 26.0 Å². The molecule has 0 fully saturated rings. The Bertz CT molecular complexity index is 564. The predicted molar refractivity (Wildman–Crippen MR) is 81.5 cm³/mol. The first kappa shape index (κ1) is 14.3. The normalized spacial score (nSPS) is 10.7. The summed E-state index contributed by atoms with van der Waals surface area (Å²) < 4.78 is 5.84. The Morgan fingerprint density at radius 1 is 1.15 bits per heavy atom. The first-order valence-electron chi connectivity index (χ1n) is 6.95. The van der Waals surface area contributed by atoms with Crippen molar-refractivity contribution in [3.63, 3.8) is 0 Å². The first-order chi connectivity index (χ1) is 9.61. The van der Waals surface area contributed by atoms with Gasteiger partial charge in [-0.3, -0.25) is 0 Å². The van der Waals surface area contributed by atoms with Crippen LogP contribution in [0.25, 0.3) is 0 Å². The molecule has 0 aliphatic heterocycles. The molecule has 0 aliphatic carbocycles. The van der Waals surface area contributed by atoms with Crippen molar-refractivity contribution in [3.05, 3.63) is 41.7 Å². The van der Waals surface area contributed by atoms with Gasteiger partial charge in [0.1, 0.15) is 17.9 Å². The molecule has 1 aromatic carbocycles. The lowest BCUT2D eigenvalue weighted by atomic mass is 10.0. The summed E-state index contributed by atoms with van der Waals surface area (Å²) in [7, 11) is 0. The highest BCUT2D eigenvalue weighted by atomic mass is 16.5. The number of hydrogen-bond acceptors (Lipinski definition) is 4. The quantitative estimate of drug-likeness (QED) is 0.888. The third kappa shape index (κ3) is 3.26. The highest BCUT2D eigenvalue weighted by Gasteiger charge is 2.08. The van der Waals surface area contributed by atoms with Crippen LogP contribution in [0.1, 0.15) is 37.8 Å². The van der Waals surface area contributed by atoms with E-state index in [1.165, 1.54) is 11.9 Å². The molecule has 20 heavy (non-hydrogen) atoms. The van der Waals surface area contributed by atoms with Crippen molar-refractivity contribution in [2.75, 3.05) is 11.9 Å². The second-order valence-corrected chi connectivity index (χ2v) is 5.01. The molecule has 2 aromatic rings. The zero-order chi connectivity index (χ0) is 14.5. The molecule has 106 valence electrons. The van der Waals surface area contributed by atoms with Gasteiger partial charge in [-0.15, -0.1) is 0 Å². The Labute approximate surface area is 120 Å². The van der Waals surface area contributed by atoms with Gasteiger partial charge in [0.15, 0.2) is 0 Å². The van der Waals surface area contributed by atoms with Crippen molar-refractivity contribution in [2.45, 2.75) is 33.6 Å². The van der Waals surface area contributed by atoms with Gasteiger partial charge in [-0.1, -0.05) is 26.0 Å². The molecule has 0 saturated carbocycles. The molecule has 1 N–H and O–H groups in total. The summed E-state index contributed by atoms with van der Waals surface area (Å²) in [5, 5.41) is 3.19. The van der Waals surface area contributed by atoms with Gasteiger partial charge >= 0.3 is 0 Å². The molecule has 0 radical (unpaired) electrons. The zero-order valence-electron chi connectivity index (χ0n) is 12.5. The minimum atomic E-state index is 0.519. The van der Waals surface area contributed by atoms with E-state index in [1.54, 1.807) is 0 Å². The molecule has 0 bridgehead atoms. The van der Waals surface area contributed by atoms with E-state index in [4.69, 9.17) is 4.74 Å². The second-order valence-electron chi connectivity index (χ2n) is 5.01. The van der Waals surface area contributed by atoms with Gasteiger partial charge in [0, 0.05) is 6.54 Å². The van der Waals surface area contributed by atoms with Gasteiger partial charge in [0.05, 0.1) is 5.56 Å². The molecule has 0 unspecified atom stereocenters. The zero-order valence-corrected chi connectivity index (χ0v) is 12.5. The van der Waals surface area contributed by atoms with E-state index >= 15 is 0 Å². The third-order valence-corrected chi connectivity index (χ3v) is 3.14. The van der Waals surface area contributed by atoms with Gasteiger partial charge in [-0.05, 0) is 37.5 Å². The van der Waals surface area contributed by atoms with Crippen molar-refractivity contribution in [1.29, 1.82) is 0 Å². The Morgan fingerprint density at radius 3 is 2.45 bits per heavy atom. The number of nitrogens with zero attached hydrogens (tertiary/aromatic N) is 2. The molecule has 0 saturated heterocycles. The number of nitrogens with one attached hydrogen (secondary N) is 1. The number of aromatic nitrogens is 2. The van der Waals surface area contributed by atoms with Crippen LogP contribution in [0, 0.1) is 6.92 Å². The SMILES string of the molecule is CCNc1ncnc(Oc2ccc(C(C)C)cc2)c1C. The highest BCUT2D eigenvalue weighted by Crippen LogP contribution is 2.27. The molecule has 4 nitrogen and oxygen atoms in total. The van der Waals surface area contributed by atoms with Crippen LogP contribution >= 0.6 is 0 Å². The van der Waals surface area contributed by atoms with Crippen molar-refractivity contribution in [2.24, 2.45) is 0 Å². The second kappa shape index (κ2) is 6.37. The number of hydrogen-bond donors (Lipinski definition) is 1. The summed E-state index contributed by atoms with van der Waals surface area (Å²) >= 11 is 0. The Hall–Kier alpha value is -2.10. The molecule has 0 amide bonds. The molecule has 0 spiro atoms. The molecule has 4 heteroatoms. The first-order valence-corrected chi connectivity index (χ1v) is 6.95. The summed E-state index contributed by atoms with van der Waals surface area (Å²) in [6, 6.07) is 8.12. The van der Waals surface area contributed by atoms with Crippen molar-refractivity contribution < 1.29 is 4.74 Å². The fourth-order valence-corrected chi connectivity index (χ4v) is 1.91. The van der Waals surface area contributed by atoms with E-state index in [0.717, 1.165) is 23.7 Å². The number of rotatable bonds is 5. The van der Waals surface area contributed by atoms with Gasteiger partial charge in [-0.2, -0.15) is 0 Å². The highest BCUT2D eigenvalue weighted by molar-refractivity contribution is 5.48. The van der Waals surface area contributed by atoms with E-state index in [-0.39, 0.29) is 0 Å². The summed E-state index contributed by atoms with van der Waals surface area (Å²) in [6.45, 7) is 9.16. The number of anilines is 1. The maximum Gasteiger partial charge on any atom is 0.227 e. The van der Waals surface area contributed by atoms with Crippen LogP contribution < -0.4 is 10.1 Å². The fourth-order valence-electron chi connectivity index (χ4n) is 1.91.